The van der Waals surface area contributed by atoms with Crippen molar-refractivity contribution in [1.29, 1.82) is 0 Å². The van der Waals surface area contributed by atoms with Crippen LogP contribution < -0.4 is 15.3 Å². The van der Waals surface area contributed by atoms with E-state index in [1.807, 2.05) is 0 Å². The van der Waals surface area contributed by atoms with E-state index in [1.54, 1.807) is 23.1 Å². The number of benzene rings is 3. The first-order chi connectivity index (χ1) is 17.7. The quantitative estimate of drug-likeness (QED) is 0.260. The van der Waals surface area contributed by atoms with Crippen molar-refractivity contribution in [2.24, 2.45) is 0 Å². The van der Waals surface area contributed by atoms with Gasteiger partial charge in [0.15, 0.2) is 6.29 Å². The summed E-state index contributed by atoms with van der Waals surface area (Å²) in [5, 5.41) is 0. The van der Waals surface area contributed by atoms with Crippen molar-refractivity contribution in [3.8, 4) is 5.75 Å². The second kappa shape index (κ2) is 9.42. The third kappa shape index (κ3) is 4.26. The van der Waals surface area contributed by atoms with Crippen LogP contribution in [-0.4, -0.2) is 35.6 Å². The van der Waals surface area contributed by atoms with Crippen LogP contribution in [0, 0.1) is 5.82 Å². The van der Waals surface area contributed by atoms with Crippen molar-refractivity contribution in [1.82, 2.24) is 9.13 Å². The molecule has 3 aromatic carbocycles. The monoisotopic (exact) mass is 513 g/mol. The number of halogens is 4. The van der Waals surface area contributed by atoms with E-state index in [9.17, 15) is 27.2 Å². The van der Waals surface area contributed by atoms with Crippen molar-refractivity contribution in [2.45, 2.75) is 25.2 Å². The minimum atomic E-state index is -4.58. The van der Waals surface area contributed by atoms with Crippen LogP contribution in [0.15, 0.2) is 65.5 Å². The number of para-hydroxylation sites is 2. The Morgan fingerprint density at radius 1 is 1.05 bits per heavy atom. The van der Waals surface area contributed by atoms with Gasteiger partial charge in [-0.2, -0.15) is 13.2 Å². The fourth-order valence-electron chi connectivity index (χ4n) is 5.19. The highest BCUT2D eigenvalue weighted by atomic mass is 19.4. The molecule has 1 aliphatic rings. The molecule has 10 heteroatoms. The van der Waals surface area contributed by atoms with E-state index in [0.717, 1.165) is 6.07 Å². The van der Waals surface area contributed by atoms with Gasteiger partial charge in [0.2, 0.25) is 0 Å². The predicted octanol–water partition coefficient (Wildman–Crippen LogP) is 5.28. The van der Waals surface area contributed by atoms with Crippen molar-refractivity contribution in [3.63, 3.8) is 0 Å². The molecule has 0 radical (unpaired) electrons. The molecule has 1 aliphatic heterocycles. The van der Waals surface area contributed by atoms with Gasteiger partial charge in [0.1, 0.15) is 17.1 Å². The zero-order valence-electron chi connectivity index (χ0n) is 19.8. The lowest BCUT2D eigenvalue weighted by Crippen LogP contribution is -2.30. The molecule has 4 aromatic rings. The molecule has 1 atom stereocenters. The number of aromatic nitrogens is 2. The number of ether oxygens (including phenoxy) is 1. The van der Waals surface area contributed by atoms with E-state index in [1.165, 1.54) is 52.6 Å². The number of rotatable bonds is 6. The molecule has 192 valence electrons. The highest BCUT2D eigenvalue weighted by Crippen LogP contribution is 2.36. The Balaban J connectivity index is 1.61. The van der Waals surface area contributed by atoms with Crippen LogP contribution in [0.3, 0.4) is 0 Å². The molecule has 2 heterocycles. The van der Waals surface area contributed by atoms with Crippen molar-refractivity contribution < 1.29 is 27.1 Å². The molecule has 0 saturated carbocycles. The molecule has 0 aliphatic carbocycles. The summed E-state index contributed by atoms with van der Waals surface area (Å²) in [4.78, 5) is 27.0. The summed E-state index contributed by atoms with van der Waals surface area (Å²) in [6.07, 6.45) is -3.51. The maximum Gasteiger partial charge on any atom is 0.416 e. The minimum absolute atomic E-state index is 0.0444. The van der Waals surface area contributed by atoms with E-state index < -0.39 is 29.3 Å². The molecular formula is C27H23F4N3O3. The summed E-state index contributed by atoms with van der Waals surface area (Å²) in [5.41, 5.74) is -0.0840. The third-order valence-electron chi connectivity index (χ3n) is 6.80. The standard InChI is InChI=1S/C27H23F4N3O3/c1-37-23-11-5-10-22-25(23)33(14-17-6-2-3-8-20(17)27(29,30)31)26(36)34(22)19-12-13-32(15-19)24-18(16-35)7-4-9-21(24)28/h2-11,16,19H,12-15H2,1H3. The van der Waals surface area contributed by atoms with Crippen molar-refractivity contribution >= 4 is 23.0 Å². The molecule has 6 nitrogen and oxygen atoms in total. The molecule has 0 amide bonds. The SMILES string of the molecule is COc1cccc2c1n(Cc1ccccc1C(F)(F)F)c(=O)n2C1CCN(c2c(F)cccc2C=O)C1. The number of carbonyl (C=O) groups excluding carboxylic acids is 1. The number of methoxy groups -OCH3 is 1. The lowest BCUT2D eigenvalue weighted by atomic mass is 10.1. The molecule has 1 aromatic heterocycles. The van der Waals surface area contributed by atoms with Gasteiger partial charge >= 0.3 is 11.9 Å². The fourth-order valence-corrected chi connectivity index (χ4v) is 5.19. The lowest BCUT2D eigenvalue weighted by Gasteiger charge is -2.21. The highest BCUT2D eigenvalue weighted by Gasteiger charge is 2.34. The van der Waals surface area contributed by atoms with Gasteiger partial charge in [0.25, 0.3) is 0 Å². The predicted molar refractivity (Wildman–Crippen MR) is 131 cm³/mol. The number of imidazole rings is 1. The van der Waals surface area contributed by atoms with E-state index in [-0.39, 0.29) is 29.9 Å². The molecular weight excluding hydrogens is 490 g/mol. The summed E-state index contributed by atoms with van der Waals surface area (Å²) >= 11 is 0. The number of alkyl halides is 3. The van der Waals surface area contributed by atoms with Gasteiger partial charge in [0.05, 0.1) is 36.5 Å². The maximum absolute atomic E-state index is 14.6. The van der Waals surface area contributed by atoms with E-state index >= 15 is 0 Å². The van der Waals surface area contributed by atoms with Gasteiger partial charge in [-0.25, -0.2) is 9.18 Å². The normalized spacial score (nSPS) is 15.9. The average Bonchev–Trinajstić information content (AvgIpc) is 3.45. The number of hydrogen-bond acceptors (Lipinski definition) is 4. The van der Waals surface area contributed by atoms with E-state index in [4.69, 9.17) is 4.74 Å². The van der Waals surface area contributed by atoms with Crippen LogP contribution in [0.5, 0.6) is 5.75 Å². The van der Waals surface area contributed by atoms with Crippen molar-refractivity contribution in [3.05, 3.63) is 93.7 Å². The summed E-state index contributed by atoms with van der Waals surface area (Å²) in [6.45, 7) is 0.334. The van der Waals surface area contributed by atoms with Crippen LogP contribution in [0.1, 0.15) is 33.9 Å². The van der Waals surface area contributed by atoms with Crippen LogP contribution in [0.4, 0.5) is 23.2 Å². The Morgan fingerprint density at radius 3 is 2.54 bits per heavy atom. The van der Waals surface area contributed by atoms with Crippen LogP contribution >= 0.6 is 0 Å². The largest absolute Gasteiger partial charge is 0.494 e. The molecule has 5 rings (SSSR count). The Bertz CT molecular complexity index is 1540. The molecule has 1 unspecified atom stereocenters. The van der Waals surface area contributed by atoms with Crippen molar-refractivity contribution in [2.75, 3.05) is 25.1 Å². The Labute approximate surface area is 209 Å². The number of hydrogen-bond donors (Lipinski definition) is 0. The first-order valence-electron chi connectivity index (χ1n) is 11.7. The highest BCUT2D eigenvalue weighted by molar-refractivity contribution is 5.85. The summed E-state index contributed by atoms with van der Waals surface area (Å²) in [5.74, 6) is -0.185. The number of anilines is 1. The van der Waals surface area contributed by atoms with Gasteiger partial charge in [0, 0.05) is 18.7 Å². The average molecular weight is 513 g/mol. The fraction of sp³-hybridized carbons (Fsp3) is 0.259. The molecule has 37 heavy (non-hydrogen) atoms. The summed E-state index contributed by atoms with van der Waals surface area (Å²) < 4.78 is 64.0. The second-order valence-electron chi connectivity index (χ2n) is 8.91. The molecule has 1 saturated heterocycles. The Morgan fingerprint density at radius 2 is 1.81 bits per heavy atom. The minimum Gasteiger partial charge on any atom is -0.494 e. The van der Waals surface area contributed by atoms with Gasteiger partial charge in [-0.05, 0) is 42.3 Å². The molecule has 0 bridgehead atoms. The Hall–Kier alpha value is -4.08. The number of fused-ring (bicyclic) bond motifs is 1. The lowest BCUT2D eigenvalue weighted by molar-refractivity contribution is -0.138. The molecule has 1 fully saturated rings. The zero-order chi connectivity index (χ0) is 26.3. The maximum atomic E-state index is 14.6. The summed E-state index contributed by atoms with van der Waals surface area (Å²) in [6, 6.07) is 14.1. The topological polar surface area (TPSA) is 56.5 Å². The Kier molecular flexibility index (Phi) is 6.26. The first-order valence-corrected chi connectivity index (χ1v) is 11.7. The summed E-state index contributed by atoms with van der Waals surface area (Å²) in [7, 11) is 1.43. The smallest absolute Gasteiger partial charge is 0.416 e. The zero-order valence-corrected chi connectivity index (χ0v) is 19.8. The number of nitrogens with zero attached hydrogens (tertiary/aromatic N) is 3. The third-order valence-corrected chi connectivity index (χ3v) is 6.80. The van der Waals surface area contributed by atoms with Gasteiger partial charge in [-0.15, -0.1) is 0 Å². The molecule has 0 N–H and O–H groups in total. The van der Waals surface area contributed by atoms with E-state index in [2.05, 4.69) is 0 Å². The second-order valence-corrected chi connectivity index (χ2v) is 8.91. The number of carbonyl (C=O) groups is 1. The molecule has 0 spiro atoms. The van der Waals surface area contributed by atoms with E-state index in [0.29, 0.717) is 36.0 Å². The van der Waals surface area contributed by atoms with Crippen LogP contribution in [-0.2, 0) is 12.7 Å². The van der Waals surface area contributed by atoms with Crippen LogP contribution in [0.25, 0.3) is 11.0 Å². The first kappa shape index (κ1) is 24.6. The number of aldehydes is 1. The van der Waals surface area contributed by atoms with Crippen LogP contribution in [0.2, 0.25) is 0 Å². The van der Waals surface area contributed by atoms with Gasteiger partial charge in [-0.3, -0.25) is 13.9 Å². The van der Waals surface area contributed by atoms with Gasteiger partial charge < -0.3 is 9.64 Å². The van der Waals surface area contributed by atoms with Gasteiger partial charge in [-0.1, -0.05) is 30.3 Å².